The molecule has 2 aromatic carbocycles. The van der Waals surface area contributed by atoms with E-state index in [1.165, 1.54) is 51.3 Å². The van der Waals surface area contributed by atoms with Gasteiger partial charge in [0.2, 0.25) is 0 Å². The second-order valence-electron chi connectivity index (χ2n) is 8.41. The minimum atomic E-state index is 0.644. The molecule has 3 aliphatic heterocycles. The van der Waals surface area contributed by atoms with Crippen molar-refractivity contribution in [1.82, 2.24) is 4.57 Å². The zero-order valence-corrected chi connectivity index (χ0v) is 17.3. The Balaban J connectivity index is 0.000000122. The van der Waals surface area contributed by atoms with Gasteiger partial charge in [-0.2, -0.15) is 0 Å². The van der Waals surface area contributed by atoms with E-state index in [9.17, 15) is 0 Å². The van der Waals surface area contributed by atoms with Crippen LogP contribution < -0.4 is 4.90 Å². The Kier molecular flexibility index (Phi) is 3.97. The Hall–Kier alpha value is -2.74. The minimum absolute atomic E-state index is 0.644. The van der Waals surface area contributed by atoms with E-state index in [2.05, 4.69) is 91.9 Å². The van der Waals surface area contributed by atoms with Gasteiger partial charge < -0.3 is 9.47 Å². The van der Waals surface area contributed by atoms with Crippen LogP contribution in [0.5, 0.6) is 0 Å². The van der Waals surface area contributed by atoms with Crippen molar-refractivity contribution < 1.29 is 0 Å². The van der Waals surface area contributed by atoms with Crippen LogP contribution in [-0.2, 0) is 12.8 Å². The van der Waals surface area contributed by atoms with E-state index in [4.69, 9.17) is 0 Å². The van der Waals surface area contributed by atoms with Gasteiger partial charge in [0, 0.05) is 36.2 Å². The summed E-state index contributed by atoms with van der Waals surface area (Å²) < 4.78 is 2.29. The zero-order valence-electron chi connectivity index (χ0n) is 17.3. The third-order valence-corrected chi connectivity index (χ3v) is 6.92. The molecule has 1 atom stereocenters. The number of aryl methyl sites for hydroxylation is 2. The van der Waals surface area contributed by atoms with Crippen molar-refractivity contribution in [2.24, 2.45) is 0 Å². The first-order valence-corrected chi connectivity index (χ1v) is 10.3. The van der Waals surface area contributed by atoms with Gasteiger partial charge in [-0.3, -0.25) is 0 Å². The third-order valence-electron chi connectivity index (χ3n) is 6.92. The van der Waals surface area contributed by atoms with Crippen molar-refractivity contribution in [3.63, 3.8) is 0 Å². The van der Waals surface area contributed by atoms with Gasteiger partial charge in [0.15, 0.2) is 0 Å². The summed E-state index contributed by atoms with van der Waals surface area (Å²) in [7, 11) is 0. The van der Waals surface area contributed by atoms with E-state index in [-0.39, 0.29) is 0 Å². The summed E-state index contributed by atoms with van der Waals surface area (Å²) >= 11 is 0. The van der Waals surface area contributed by atoms with Gasteiger partial charge in [-0.25, -0.2) is 0 Å². The lowest BCUT2D eigenvalue weighted by molar-refractivity contribution is 0.807. The maximum Gasteiger partial charge on any atom is 0.0518 e. The van der Waals surface area contributed by atoms with Gasteiger partial charge in [-0.05, 0) is 91.8 Å². The highest BCUT2D eigenvalue weighted by Gasteiger charge is 2.30. The normalized spacial score (nSPS) is 17.7. The van der Waals surface area contributed by atoms with Crippen LogP contribution in [0.15, 0.2) is 54.7 Å². The van der Waals surface area contributed by atoms with Gasteiger partial charge in [0.1, 0.15) is 0 Å². The molecule has 2 heteroatoms. The van der Waals surface area contributed by atoms with Crippen LogP contribution in [0.3, 0.4) is 0 Å². The van der Waals surface area contributed by atoms with Crippen LogP contribution >= 0.6 is 0 Å². The fourth-order valence-corrected chi connectivity index (χ4v) is 4.91. The molecule has 0 aliphatic carbocycles. The maximum atomic E-state index is 2.50. The summed E-state index contributed by atoms with van der Waals surface area (Å²) in [6.45, 7) is 9.96. The van der Waals surface area contributed by atoms with Crippen molar-refractivity contribution in [2.45, 2.75) is 46.6 Å². The summed E-state index contributed by atoms with van der Waals surface area (Å²) in [6.07, 6.45) is 9.07. The van der Waals surface area contributed by atoms with Crippen LogP contribution in [0.4, 0.5) is 5.69 Å². The average Bonchev–Trinajstić information content (AvgIpc) is 3.42. The largest absolute Gasteiger partial charge is 0.361 e. The predicted octanol–water partition coefficient (Wildman–Crippen LogP) is 5.60. The first-order chi connectivity index (χ1) is 13.5. The van der Waals surface area contributed by atoms with E-state index in [1.54, 1.807) is 5.56 Å². The molecule has 6 rings (SSSR count). The van der Waals surface area contributed by atoms with E-state index < -0.39 is 0 Å². The van der Waals surface area contributed by atoms with Crippen LogP contribution in [0.25, 0.3) is 5.69 Å². The van der Waals surface area contributed by atoms with E-state index >= 15 is 0 Å². The van der Waals surface area contributed by atoms with Crippen molar-refractivity contribution in [3.8, 4) is 5.69 Å². The third kappa shape index (κ3) is 2.55. The molecule has 0 bridgehead atoms. The van der Waals surface area contributed by atoms with Crippen molar-refractivity contribution in [3.05, 3.63) is 93.8 Å². The number of hydrogen-bond acceptors (Lipinski definition) is 1. The average molecular weight is 369 g/mol. The molecule has 4 heterocycles. The molecule has 1 unspecified atom stereocenters. The number of benzene rings is 2. The predicted molar refractivity (Wildman–Crippen MR) is 118 cm³/mol. The number of aromatic nitrogens is 1. The van der Waals surface area contributed by atoms with Crippen LogP contribution in [0, 0.1) is 27.7 Å². The summed E-state index contributed by atoms with van der Waals surface area (Å²) in [5, 5.41) is 0. The fraction of sp³-hybridized carbons (Fsp3) is 0.308. The van der Waals surface area contributed by atoms with Crippen molar-refractivity contribution >= 4 is 5.69 Å². The number of nitrogens with zero attached hydrogens (tertiary/aromatic N) is 2. The summed E-state index contributed by atoms with van der Waals surface area (Å²) in [6, 6.07) is 13.9. The summed E-state index contributed by atoms with van der Waals surface area (Å²) in [4.78, 5) is 2.50. The Bertz CT molecular complexity index is 1100. The van der Waals surface area contributed by atoms with Gasteiger partial charge in [-0.15, -0.1) is 0 Å². The van der Waals surface area contributed by atoms with Crippen LogP contribution in [-0.4, -0.2) is 17.2 Å². The topological polar surface area (TPSA) is 8.17 Å². The number of hydrogen-bond donors (Lipinski definition) is 0. The number of rotatable bonds is 0. The van der Waals surface area contributed by atoms with E-state index in [0.717, 1.165) is 13.0 Å². The SMILES string of the molecule is Cc1ccc2c(c1C)CC1C=CCN21.Cc1ccc2c(c1C)Cc1cccn1-2. The molecule has 1 aromatic heterocycles. The number of fused-ring (bicyclic) bond motifs is 6. The fourth-order valence-electron chi connectivity index (χ4n) is 4.91. The van der Waals surface area contributed by atoms with Gasteiger partial charge in [-0.1, -0.05) is 24.3 Å². The Morgan fingerprint density at radius 3 is 2.32 bits per heavy atom. The molecule has 0 radical (unpaired) electrons. The summed E-state index contributed by atoms with van der Waals surface area (Å²) in [5.41, 5.74) is 13.1. The lowest BCUT2D eigenvalue weighted by Crippen LogP contribution is -2.24. The van der Waals surface area contributed by atoms with Crippen molar-refractivity contribution in [1.29, 1.82) is 0 Å². The molecular weight excluding hydrogens is 340 g/mol. The smallest absolute Gasteiger partial charge is 0.0518 e. The lowest BCUT2D eigenvalue weighted by atomic mass is 10.00. The molecule has 2 nitrogen and oxygen atoms in total. The van der Waals surface area contributed by atoms with E-state index in [0.29, 0.717) is 6.04 Å². The first-order valence-electron chi connectivity index (χ1n) is 10.3. The van der Waals surface area contributed by atoms with Crippen LogP contribution in [0.2, 0.25) is 0 Å². The molecule has 0 spiro atoms. The molecule has 0 amide bonds. The molecule has 0 saturated carbocycles. The molecular formula is C26H28N2. The van der Waals surface area contributed by atoms with Crippen LogP contribution in [0.1, 0.15) is 39.1 Å². The molecule has 28 heavy (non-hydrogen) atoms. The second kappa shape index (κ2) is 6.41. The Morgan fingerprint density at radius 2 is 1.54 bits per heavy atom. The Labute approximate surface area is 168 Å². The zero-order chi connectivity index (χ0) is 19.4. The van der Waals surface area contributed by atoms with Crippen molar-refractivity contribution in [2.75, 3.05) is 11.4 Å². The molecule has 0 fully saturated rings. The highest BCUT2D eigenvalue weighted by atomic mass is 15.2. The molecule has 0 saturated heterocycles. The Morgan fingerprint density at radius 1 is 0.821 bits per heavy atom. The summed E-state index contributed by atoms with van der Waals surface area (Å²) in [5.74, 6) is 0. The van der Waals surface area contributed by atoms with Gasteiger partial charge in [0.05, 0.1) is 6.04 Å². The first kappa shape index (κ1) is 17.4. The molecule has 3 aliphatic rings. The highest BCUT2D eigenvalue weighted by molar-refractivity contribution is 5.66. The van der Waals surface area contributed by atoms with Gasteiger partial charge >= 0.3 is 0 Å². The second-order valence-corrected chi connectivity index (χ2v) is 8.41. The molecule has 3 aromatic rings. The standard InChI is InChI=1S/C13H15N.C13H13N/c2*1-9-5-6-13-12(10(9)2)8-11-4-3-7-14(11)13/h3-6,11H,7-8H2,1-2H3;3-7H,8H2,1-2H3. The maximum absolute atomic E-state index is 2.50. The molecule has 0 N–H and O–H groups in total. The number of anilines is 1. The lowest BCUT2D eigenvalue weighted by Gasteiger charge is -2.18. The quantitative estimate of drug-likeness (QED) is 0.367. The molecule has 142 valence electrons. The minimum Gasteiger partial charge on any atom is -0.361 e. The highest BCUT2D eigenvalue weighted by Crippen LogP contribution is 2.37. The monoisotopic (exact) mass is 368 g/mol. The van der Waals surface area contributed by atoms with E-state index in [1.807, 2.05) is 0 Å². The van der Waals surface area contributed by atoms with Gasteiger partial charge in [0.25, 0.3) is 0 Å².